The Morgan fingerprint density at radius 3 is 2.19 bits per heavy atom. The summed E-state index contributed by atoms with van der Waals surface area (Å²) in [6.45, 7) is 5.91. The fraction of sp³-hybridized carbons (Fsp3) is 0.680. The topological polar surface area (TPSA) is 76.7 Å². The molecule has 2 N–H and O–H groups in total. The van der Waals surface area contributed by atoms with E-state index in [1.807, 2.05) is 51.1 Å². The third kappa shape index (κ3) is 5.79. The highest BCUT2D eigenvalue weighted by atomic mass is 16.6. The Hall–Kier alpha value is -2.08. The van der Waals surface area contributed by atoms with Gasteiger partial charge in [-0.25, -0.2) is 4.79 Å². The van der Waals surface area contributed by atoms with Crippen LogP contribution in [0.2, 0.25) is 0 Å². The van der Waals surface area contributed by atoms with E-state index in [0.29, 0.717) is 18.4 Å². The van der Waals surface area contributed by atoms with E-state index < -0.39 is 17.7 Å². The lowest BCUT2D eigenvalue weighted by molar-refractivity contribution is -0.128. The van der Waals surface area contributed by atoms with Gasteiger partial charge in [0, 0.05) is 6.04 Å². The van der Waals surface area contributed by atoms with Crippen LogP contribution in [0.5, 0.6) is 0 Å². The van der Waals surface area contributed by atoms with Crippen molar-refractivity contribution in [3.63, 3.8) is 0 Å². The van der Waals surface area contributed by atoms with Gasteiger partial charge in [-0.3, -0.25) is 4.79 Å². The van der Waals surface area contributed by atoms with Crippen molar-refractivity contribution in [2.75, 3.05) is 6.61 Å². The molecule has 2 amide bonds. The number of alkyl carbamates (subject to hydrolysis) is 1. The molecule has 4 aliphatic rings. The summed E-state index contributed by atoms with van der Waals surface area (Å²) in [4.78, 5) is 25.6. The first-order valence-corrected chi connectivity index (χ1v) is 11.7. The van der Waals surface area contributed by atoms with Crippen molar-refractivity contribution >= 4 is 12.0 Å². The highest BCUT2D eigenvalue weighted by Crippen LogP contribution is 2.53. The average Bonchev–Trinajstić information content (AvgIpc) is 2.68. The molecule has 31 heavy (non-hydrogen) atoms. The van der Waals surface area contributed by atoms with Gasteiger partial charge >= 0.3 is 6.09 Å². The zero-order valence-corrected chi connectivity index (χ0v) is 18.9. The van der Waals surface area contributed by atoms with Crippen molar-refractivity contribution in [2.45, 2.75) is 77.2 Å². The smallest absolute Gasteiger partial charge is 0.408 e. The van der Waals surface area contributed by atoms with Crippen molar-refractivity contribution in [3.05, 3.63) is 35.9 Å². The minimum atomic E-state index is -0.782. The summed E-state index contributed by atoms with van der Waals surface area (Å²) in [5.41, 5.74) is 0.400. The van der Waals surface area contributed by atoms with E-state index in [9.17, 15) is 9.59 Å². The van der Waals surface area contributed by atoms with Crippen molar-refractivity contribution in [1.29, 1.82) is 0 Å². The lowest BCUT2D eigenvalue weighted by atomic mass is 9.54. The summed E-state index contributed by atoms with van der Waals surface area (Å²) in [5, 5.41) is 6.02. The molecular weight excluding hydrogens is 392 g/mol. The minimum Gasteiger partial charge on any atom is -0.444 e. The number of hydrogen-bond acceptors (Lipinski definition) is 4. The van der Waals surface area contributed by atoms with E-state index in [4.69, 9.17) is 9.47 Å². The molecule has 170 valence electrons. The molecule has 0 radical (unpaired) electrons. The van der Waals surface area contributed by atoms with Gasteiger partial charge < -0.3 is 20.1 Å². The Bertz CT molecular complexity index is 745. The normalized spacial score (nSPS) is 30.0. The van der Waals surface area contributed by atoms with Gasteiger partial charge in [0.1, 0.15) is 11.6 Å². The second-order valence-corrected chi connectivity index (χ2v) is 10.7. The maximum atomic E-state index is 13.2. The van der Waals surface area contributed by atoms with Crippen LogP contribution in [0.3, 0.4) is 0 Å². The molecule has 4 aliphatic carbocycles. The lowest BCUT2D eigenvalue weighted by Gasteiger charge is -2.54. The van der Waals surface area contributed by atoms with Gasteiger partial charge in [0.05, 0.1) is 13.2 Å². The number of carbonyl (C=O) groups is 2. The zero-order chi connectivity index (χ0) is 22.0. The number of nitrogens with one attached hydrogen (secondary N) is 2. The van der Waals surface area contributed by atoms with Crippen molar-refractivity contribution < 1.29 is 19.1 Å². The molecule has 0 heterocycles. The Balaban J connectivity index is 1.37. The molecule has 5 rings (SSSR count). The van der Waals surface area contributed by atoms with E-state index >= 15 is 0 Å². The molecule has 1 aromatic rings. The number of ether oxygens (including phenoxy) is 2. The van der Waals surface area contributed by atoms with Crippen LogP contribution < -0.4 is 10.6 Å². The predicted octanol–water partition coefficient (Wildman–Crippen LogP) is 4.04. The van der Waals surface area contributed by atoms with Crippen LogP contribution in [0.15, 0.2) is 30.3 Å². The predicted molar refractivity (Wildman–Crippen MR) is 118 cm³/mol. The van der Waals surface area contributed by atoms with Crippen LogP contribution in [-0.2, 0) is 20.9 Å². The molecule has 6 nitrogen and oxygen atoms in total. The maximum absolute atomic E-state index is 13.2. The van der Waals surface area contributed by atoms with Gasteiger partial charge in [0.25, 0.3) is 0 Å². The molecule has 1 unspecified atom stereocenters. The second-order valence-electron chi connectivity index (χ2n) is 10.7. The van der Waals surface area contributed by atoms with E-state index in [-0.39, 0.29) is 18.6 Å². The molecule has 0 aromatic heterocycles. The van der Waals surface area contributed by atoms with Gasteiger partial charge in [-0.2, -0.15) is 0 Å². The van der Waals surface area contributed by atoms with Crippen LogP contribution in [0.4, 0.5) is 4.79 Å². The molecule has 4 saturated carbocycles. The Kier molecular flexibility index (Phi) is 6.56. The van der Waals surface area contributed by atoms with Gasteiger partial charge in [0.2, 0.25) is 5.91 Å². The number of hydrogen-bond donors (Lipinski definition) is 2. The van der Waals surface area contributed by atoms with E-state index in [0.717, 1.165) is 17.4 Å². The van der Waals surface area contributed by atoms with Crippen molar-refractivity contribution in [3.8, 4) is 0 Å². The standard InChI is InChI=1S/C25H36N2O4/c1-25(2,3)31-24(29)26-21(15-30-14-16-7-5-4-6-8-16)23(28)27-22-19-10-17-9-18(12-19)13-20(22)11-17/h4-8,17-22H,9-15H2,1-3H3,(H,26,29)(H,27,28). The molecular formula is C25H36N2O4. The minimum absolute atomic E-state index is 0.104. The molecule has 6 heteroatoms. The molecule has 1 aromatic carbocycles. The third-order valence-electron chi connectivity index (χ3n) is 6.94. The summed E-state index contributed by atoms with van der Waals surface area (Å²) in [7, 11) is 0. The van der Waals surface area contributed by atoms with Crippen LogP contribution in [-0.4, -0.2) is 36.3 Å². The highest BCUT2D eigenvalue weighted by molar-refractivity contribution is 5.86. The largest absolute Gasteiger partial charge is 0.444 e. The lowest BCUT2D eigenvalue weighted by Crippen LogP contribution is -2.60. The quantitative estimate of drug-likeness (QED) is 0.687. The fourth-order valence-electron chi connectivity index (χ4n) is 5.93. The number of rotatable bonds is 7. The summed E-state index contributed by atoms with van der Waals surface area (Å²) in [6, 6.07) is 9.25. The van der Waals surface area contributed by atoms with Gasteiger partial charge in [-0.1, -0.05) is 30.3 Å². The maximum Gasteiger partial charge on any atom is 0.408 e. The van der Waals surface area contributed by atoms with E-state index in [1.165, 1.54) is 32.1 Å². The SMILES string of the molecule is CC(C)(C)OC(=O)NC(COCc1ccccc1)C(=O)NC1C2CC3CC(C2)CC1C3. The Morgan fingerprint density at radius 2 is 1.61 bits per heavy atom. The first kappa shape index (κ1) is 22.1. The summed E-state index contributed by atoms with van der Waals surface area (Å²) in [6.07, 6.45) is 5.70. The van der Waals surface area contributed by atoms with Crippen LogP contribution in [0, 0.1) is 23.7 Å². The molecule has 0 saturated heterocycles. The molecule has 0 spiro atoms. The van der Waals surface area contributed by atoms with Crippen molar-refractivity contribution in [1.82, 2.24) is 10.6 Å². The van der Waals surface area contributed by atoms with Crippen LogP contribution >= 0.6 is 0 Å². The molecule has 4 fully saturated rings. The molecule has 1 atom stereocenters. The van der Waals surface area contributed by atoms with Crippen molar-refractivity contribution in [2.24, 2.45) is 23.7 Å². The average molecular weight is 429 g/mol. The first-order chi connectivity index (χ1) is 14.8. The summed E-state index contributed by atoms with van der Waals surface area (Å²) in [5.74, 6) is 2.68. The summed E-state index contributed by atoms with van der Waals surface area (Å²) < 4.78 is 11.2. The zero-order valence-electron chi connectivity index (χ0n) is 18.9. The number of carbonyl (C=O) groups excluding carboxylic acids is 2. The monoisotopic (exact) mass is 428 g/mol. The van der Waals surface area contributed by atoms with E-state index in [1.54, 1.807) is 0 Å². The third-order valence-corrected chi connectivity index (χ3v) is 6.94. The fourth-order valence-corrected chi connectivity index (χ4v) is 5.93. The number of amides is 2. The second kappa shape index (κ2) is 9.19. The molecule has 4 bridgehead atoms. The Labute approximate surface area is 185 Å². The summed E-state index contributed by atoms with van der Waals surface area (Å²) >= 11 is 0. The van der Waals surface area contributed by atoms with Crippen LogP contribution in [0.25, 0.3) is 0 Å². The van der Waals surface area contributed by atoms with Gasteiger partial charge in [-0.15, -0.1) is 0 Å². The van der Waals surface area contributed by atoms with E-state index in [2.05, 4.69) is 10.6 Å². The van der Waals surface area contributed by atoms with Gasteiger partial charge in [0.15, 0.2) is 0 Å². The highest BCUT2D eigenvalue weighted by Gasteiger charge is 2.49. The van der Waals surface area contributed by atoms with Gasteiger partial charge in [-0.05, 0) is 82.1 Å². The number of benzene rings is 1. The molecule has 0 aliphatic heterocycles. The van der Waals surface area contributed by atoms with Crippen LogP contribution in [0.1, 0.15) is 58.4 Å². The first-order valence-electron chi connectivity index (χ1n) is 11.7. The Morgan fingerprint density at radius 1 is 1.00 bits per heavy atom.